The zero-order chi connectivity index (χ0) is 17.7. The molecule has 0 radical (unpaired) electrons. The van der Waals surface area contributed by atoms with Crippen molar-refractivity contribution in [1.82, 2.24) is 0 Å². The Balaban J connectivity index is 2.39. The highest BCUT2D eigenvalue weighted by molar-refractivity contribution is 9.10. The number of hydrogen-bond acceptors (Lipinski definition) is 5. The van der Waals surface area contributed by atoms with Crippen LogP contribution in [0, 0.1) is 0 Å². The van der Waals surface area contributed by atoms with Crippen LogP contribution in [-0.2, 0) is 0 Å². The van der Waals surface area contributed by atoms with Crippen LogP contribution in [0.5, 0.6) is 17.2 Å². The van der Waals surface area contributed by atoms with Crippen molar-refractivity contribution in [2.24, 2.45) is 0 Å². The molecule has 24 heavy (non-hydrogen) atoms. The Kier molecular flexibility index (Phi) is 5.76. The molecule has 0 unspecified atom stereocenters. The van der Waals surface area contributed by atoms with Crippen molar-refractivity contribution in [2.45, 2.75) is 0 Å². The van der Waals surface area contributed by atoms with Crippen molar-refractivity contribution in [3.05, 3.63) is 68.3 Å². The fourth-order valence-electron chi connectivity index (χ4n) is 2.02. The maximum absolute atomic E-state index is 12.3. The highest BCUT2D eigenvalue weighted by Gasteiger charge is 2.11. The molecule has 0 heterocycles. The van der Waals surface area contributed by atoms with E-state index in [1.807, 2.05) is 0 Å². The first-order valence-corrected chi connectivity index (χ1v) is 7.73. The van der Waals surface area contributed by atoms with Gasteiger partial charge in [-0.05, 0) is 42.5 Å². The minimum Gasteiger partial charge on any atom is -0.504 e. The first kappa shape index (κ1) is 17.7. The average Bonchev–Trinajstić information content (AvgIpc) is 2.72. The van der Waals surface area contributed by atoms with E-state index in [1.54, 1.807) is 31.4 Å². The number of aromatic hydroxyl groups is 1. The van der Waals surface area contributed by atoms with Gasteiger partial charge in [-0.2, -0.15) is 0 Å². The summed E-state index contributed by atoms with van der Waals surface area (Å²) >= 11 is 3.20. The van der Waals surface area contributed by atoms with Crippen LogP contribution in [0.4, 0.5) is 0 Å². The van der Waals surface area contributed by atoms with Crippen molar-refractivity contribution >= 4 is 27.8 Å². The molecule has 5 nitrogen and oxygen atoms in total. The highest BCUT2D eigenvalue weighted by Crippen LogP contribution is 2.26. The lowest BCUT2D eigenvalue weighted by molar-refractivity contribution is 0.104. The van der Waals surface area contributed by atoms with Crippen molar-refractivity contribution in [2.75, 3.05) is 14.2 Å². The Morgan fingerprint density at radius 3 is 2.54 bits per heavy atom. The molecule has 2 rings (SSSR count). The van der Waals surface area contributed by atoms with Gasteiger partial charge in [0, 0.05) is 16.1 Å². The van der Waals surface area contributed by atoms with Gasteiger partial charge in [0.2, 0.25) is 5.43 Å². The van der Waals surface area contributed by atoms with Crippen molar-refractivity contribution in [3.63, 3.8) is 0 Å². The number of carbonyl (C=O) groups is 1. The van der Waals surface area contributed by atoms with Crippen molar-refractivity contribution in [1.29, 1.82) is 0 Å². The zero-order valence-electron chi connectivity index (χ0n) is 13.1. The van der Waals surface area contributed by atoms with E-state index in [-0.39, 0.29) is 5.56 Å². The molecule has 0 aliphatic carbocycles. The lowest BCUT2D eigenvalue weighted by Crippen LogP contribution is -2.01. The Morgan fingerprint density at radius 1 is 1.12 bits per heavy atom. The second kappa shape index (κ2) is 7.79. The first-order valence-electron chi connectivity index (χ1n) is 6.93. The molecule has 0 amide bonds. The van der Waals surface area contributed by atoms with Gasteiger partial charge in [0.05, 0.1) is 19.8 Å². The number of hydrogen-bond donors (Lipinski definition) is 1. The van der Waals surface area contributed by atoms with Crippen LogP contribution >= 0.6 is 15.9 Å². The summed E-state index contributed by atoms with van der Waals surface area (Å²) in [4.78, 5) is 24.0. The number of rotatable bonds is 5. The van der Waals surface area contributed by atoms with Crippen LogP contribution < -0.4 is 14.9 Å². The molecule has 0 saturated carbocycles. The molecule has 0 aliphatic heterocycles. The summed E-state index contributed by atoms with van der Waals surface area (Å²) in [6, 6.07) is 9.22. The van der Waals surface area contributed by atoms with Gasteiger partial charge >= 0.3 is 0 Å². The number of ketones is 1. The van der Waals surface area contributed by atoms with E-state index in [0.717, 1.165) is 0 Å². The van der Waals surface area contributed by atoms with E-state index in [9.17, 15) is 14.7 Å². The predicted octanol–water partition coefficient (Wildman–Crippen LogP) is 3.43. The second-order valence-corrected chi connectivity index (χ2v) is 5.71. The SMILES string of the molecule is COc1ccc(C=CC(=O)c2cc(Br)ccc(=O)c2O)c(OC)c1. The Bertz CT molecular complexity index is 858. The molecule has 0 fully saturated rings. The van der Waals surface area contributed by atoms with E-state index in [2.05, 4.69) is 15.9 Å². The minimum atomic E-state index is -0.625. The summed E-state index contributed by atoms with van der Waals surface area (Å²) in [5, 5.41) is 9.89. The molecular weight excluding hydrogens is 376 g/mol. The topological polar surface area (TPSA) is 72.8 Å². The predicted molar refractivity (Wildman–Crippen MR) is 95.0 cm³/mol. The fraction of sp³-hybridized carbons (Fsp3) is 0.111. The summed E-state index contributed by atoms with van der Waals surface area (Å²) in [6.07, 6.45) is 2.82. The largest absolute Gasteiger partial charge is 0.504 e. The summed E-state index contributed by atoms with van der Waals surface area (Å²) in [5.74, 6) is 0.0753. The van der Waals surface area contributed by atoms with E-state index in [0.29, 0.717) is 21.5 Å². The number of benzene rings is 1. The van der Waals surface area contributed by atoms with E-state index in [4.69, 9.17) is 9.47 Å². The Labute approximate surface area is 147 Å². The molecule has 0 aliphatic rings. The second-order valence-electron chi connectivity index (χ2n) is 4.79. The first-order chi connectivity index (χ1) is 11.5. The molecule has 2 aromatic carbocycles. The fourth-order valence-corrected chi connectivity index (χ4v) is 2.38. The Morgan fingerprint density at radius 2 is 1.88 bits per heavy atom. The third kappa shape index (κ3) is 4.02. The third-order valence-corrected chi connectivity index (χ3v) is 3.78. The van der Waals surface area contributed by atoms with Gasteiger partial charge in [-0.15, -0.1) is 0 Å². The summed E-state index contributed by atoms with van der Waals surface area (Å²) in [7, 11) is 3.06. The molecule has 2 aromatic rings. The molecule has 0 saturated heterocycles. The summed E-state index contributed by atoms with van der Waals surface area (Å²) in [6.45, 7) is 0. The number of carbonyl (C=O) groups excluding carboxylic acids is 1. The van der Waals surface area contributed by atoms with Crippen LogP contribution in [0.3, 0.4) is 0 Å². The molecule has 6 heteroatoms. The van der Waals surface area contributed by atoms with Crippen LogP contribution in [0.2, 0.25) is 0 Å². The van der Waals surface area contributed by atoms with Gasteiger partial charge in [-0.25, -0.2) is 0 Å². The zero-order valence-corrected chi connectivity index (χ0v) is 14.7. The van der Waals surface area contributed by atoms with E-state index >= 15 is 0 Å². The standard InChI is InChI=1S/C18H15BrO5/c1-23-13-6-3-11(17(10-13)24-2)4-7-15(20)14-9-12(19)5-8-16(21)18(14)22/h3-10H,1-2H3,(H,21,22). The minimum absolute atomic E-state index is 0.0828. The van der Waals surface area contributed by atoms with Crippen molar-refractivity contribution in [3.8, 4) is 17.2 Å². The molecule has 0 spiro atoms. The molecular formula is C18H15BrO5. The lowest BCUT2D eigenvalue weighted by atomic mass is 10.1. The lowest BCUT2D eigenvalue weighted by Gasteiger charge is -2.07. The van der Waals surface area contributed by atoms with E-state index in [1.165, 1.54) is 31.4 Å². The Hall–Kier alpha value is -2.60. The van der Waals surface area contributed by atoms with Gasteiger partial charge in [0.15, 0.2) is 11.5 Å². The number of allylic oxidation sites excluding steroid dienone is 1. The van der Waals surface area contributed by atoms with Gasteiger partial charge < -0.3 is 14.6 Å². The molecule has 0 aromatic heterocycles. The van der Waals surface area contributed by atoms with Crippen LogP contribution in [0.1, 0.15) is 15.9 Å². The maximum Gasteiger partial charge on any atom is 0.220 e. The monoisotopic (exact) mass is 390 g/mol. The van der Waals surface area contributed by atoms with Gasteiger partial charge in [0.25, 0.3) is 0 Å². The quantitative estimate of drug-likeness (QED) is 0.625. The van der Waals surface area contributed by atoms with E-state index < -0.39 is 17.0 Å². The van der Waals surface area contributed by atoms with Crippen LogP contribution in [0.15, 0.2) is 51.7 Å². The molecule has 0 atom stereocenters. The smallest absolute Gasteiger partial charge is 0.220 e. The molecule has 124 valence electrons. The number of methoxy groups -OCH3 is 2. The van der Waals surface area contributed by atoms with Crippen molar-refractivity contribution < 1.29 is 19.4 Å². The van der Waals surface area contributed by atoms with Gasteiger partial charge in [-0.1, -0.05) is 15.9 Å². The summed E-state index contributed by atoms with van der Waals surface area (Å²) in [5.41, 5.74) is -0.0482. The molecule has 1 N–H and O–H groups in total. The normalized spacial score (nSPS) is 10.6. The van der Waals surface area contributed by atoms with Crippen LogP contribution in [-0.4, -0.2) is 25.1 Å². The third-order valence-electron chi connectivity index (χ3n) is 3.29. The average molecular weight is 391 g/mol. The number of halogens is 1. The maximum atomic E-state index is 12.3. The van der Waals surface area contributed by atoms with Gasteiger partial charge in [0.1, 0.15) is 11.5 Å². The summed E-state index contributed by atoms with van der Waals surface area (Å²) < 4.78 is 10.9. The molecule has 0 bridgehead atoms. The van der Waals surface area contributed by atoms with Crippen LogP contribution in [0.25, 0.3) is 6.08 Å². The number of ether oxygens (including phenoxy) is 2. The van der Waals surface area contributed by atoms with Gasteiger partial charge in [-0.3, -0.25) is 9.59 Å². The highest BCUT2D eigenvalue weighted by atomic mass is 79.9.